The van der Waals surface area contributed by atoms with Crippen LogP contribution in [0.5, 0.6) is 23.0 Å². The van der Waals surface area contributed by atoms with Crippen LogP contribution >= 0.6 is 23.5 Å². The molecule has 0 aliphatic heterocycles. The number of rotatable bonds is 7. The Morgan fingerprint density at radius 3 is 1.58 bits per heavy atom. The molecule has 10 heteroatoms. The largest absolute Gasteiger partial charge is 0.504 e. The van der Waals surface area contributed by atoms with Crippen molar-refractivity contribution in [2.75, 3.05) is 11.5 Å². The number of phenols is 4. The molecule has 2 aliphatic carbocycles. The zero-order chi connectivity index (χ0) is 32.5. The summed E-state index contributed by atoms with van der Waals surface area (Å²) in [7, 11) is 0. The van der Waals surface area contributed by atoms with E-state index in [9.17, 15) is 39.6 Å². The third-order valence-corrected chi connectivity index (χ3v) is 10.7. The summed E-state index contributed by atoms with van der Waals surface area (Å²) >= 11 is 2.19. The fourth-order valence-electron chi connectivity index (χ4n) is 6.55. The van der Waals surface area contributed by atoms with Crippen LogP contribution in [-0.2, 0) is 0 Å². The molecule has 2 atom stereocenters. The normalized spacial score (nSPS) is 20.4. The number of carbonyl (C=O) groups excluding carboxylic acids is 4. The van der Waals surface area contributed by atoms with E-state index in [-0.39, 0.29) is 54.3 Å². The van der Waals surface area contributed by atoms with Gasteiger partial charge in [-0.15, -0.1) is 23.5 Å². The third kappa shape index (κ3) is 4.43. The Kier molecular flexibility index (Phi) is 8.63. The maximum atomic E-state index is 14.8. The number of phenolic OH excluding ortho intramolecular Hbond substituents is 4. The van der Waals surface area contributed by atoms with Crippen LogP contribution in [0.2, 0.25) is 0 Å². The molecule has 0 saturated carbocycles. The topological polar surface area (TPSA) is 149 Å². The van der Waals surface area contributed by atoms with Crippen molar-refractivity contribution >= 4 is 46.7 Å². The van der Waals surface area contributed by atoms with Crippen molar-refractivity contribution in [3.63, 3.8) is 0 Å². The lowest BCUT2D eigenvalue weighted by Gasteiger charge is -2.43. The van der Waals surface area contributed by atoms with E-state index in [1.165, 1.54) is 20.8 Å². The summed E-state index contributed by atoms with van der Waals surface area (Å²) in [6, 6.07) is 0. The second kappa shape index (κ2) is 11.4. The Morgan fingerprint density at radius 1 is 0.698 bits per heavy atom. The maximum absolute atomic E-state index is 14.8. The van der Waals surface area contributed by atoms with Crippen LogP contribution in [0, 0.1) is 11.3 Å². The molecule has 2 aliphatic rings. The molecule has 2 unspecified atom stereocenters. The molecule has 4 rings (SSSR count). The number of benzene rings is 2. The van der Waals surface area contributed by atoms with Crippen LogP contribution in [0.1, 0.15) is 127 Å². The molecular weight excluding hydrogens is 588 g/mol. The van der Waals surface area contributed by atoms with E-state index in [2.05, 4.69) is 0 Å². The molecule has 43 heavy (non-hydrogen) atoms. The van der Waals surface area contributed by atoms with Crippen LogP contribution in [0.3, 0.4) is 0 Å². The molecule has 230 valence electrons. The van der Waals surface area contributed by atoms with Crippen LogP contribution in [0.15, 0.2) is 20.9 Å². The Morgan fingerprint density at radius 2 is 1.14 bits per heavy atom. The highest BCUT2D eigenvalue weighted by atomic mass is 32.2. The number of allylic oxidation sites excluding steroid dienone is 2. The minimum Gasteiger partial charge on any atom is -0.504 e. The standard InChI is InChI=1S/C33H38O8S2/c1-10-42-30-20-18(16(12(3)4)26(37)28(30)39)23(34)14(7)22(25(20)36)33(9)15(8)24(35)19-17(13(5)6)27(38)29(40)31(43-11-2)21(19)32(33)41/h12-13,15,37-40H,10-11H2,1-9H3. The number of carbonyl (C=O) groups is 4. The molecule has 0 aromatic heterocycles. The summed E-state index contributed by atoms with van der Waals surface area (Å²) in [5, 5.41) is 44.0. The van der Waals surface area contributed by atoms with Gasteiger partial charge in [-0.2, -0.15) is 0 Å². The van der Waals surface area contributed by atoms with E-state index < -0.39 is 69.3 Å². The third-order valence-electron chi connectivity index (χ3n) is 8.73. The molecule has 0 heterocycles. The van der Waals surface area contributed by atoms with Crippen molar-refractivity contribution in [2.24, 2.45) is 11.3 Å². The second-order valence-electron chi connectivity index (χ2n) is 11.8. The van der Waals surface area contributed by atoms with E-state index in [0.717, 1.165) is 23.5 Å². The molecule has 0 fully saturated rings. The first-order valence-corrected chi connectivity index (χ1v) is 16.4. The van der Waals surface area contributed by atoms with Crippen molar-refractivity contribution in [3.8, 4) is 23.0 Å². The van der Waals surface area contributed by atoms with E-state index in [4.69, 9.17) is 0 Å². The quantitative estimate of drug-likeness (QED) is 0.181. The first-order valence-electron chi connectivity index (χ1n) is 14.4. The SMILES string of the molecule is CCSc1c(O)c(O)c(C(C)C)c2c1C(=O)C(C1(C)C(=O)c3c(SCC)c(O)c(O)c(C(C)C)c3C(=O)C1C)=C(C)C2=O. The Hall–Kier alpha value is -3.24. The van der Waals surface area contributed by atoms with Crippen LogP contribution in [0.4, 0.5) is 0 Å². The summed E-state index contributed by atoms with van der Waals surface area (Å²) in [6.07, 6.45) is 0. The van der Waals surface area contributed by atoms with Gasteiger partial charge in [-0.1, -0.05) is 48.5 Å². The number of thioether (sulfide) groups is 2. The first-order chi connectivity index (χ1) is 20.0. The maximum Gasteiger partial charge on any atom is 0.192 e. The fourth-order valence-corrected chi connectivity index (χ4v) is 8.27. The molecule has 0 radical (unpaired) electrons. The predicted octanol–water partition coefficient (Wildman–Crippen LogP) is 7.40. The van der Waals surface area contributed by atoms with Gasteiger partial charge >= 0.3 is 0 Å². The second-order valence-corrected chi connectivity index (χ2v) is 14.4. The van der Waals surface area contributed by atoms with Crippen LogP contribution in [-0.4, -0.2) is 55.1 Å². The molecule has 2 aromatic carbocycles. The molecule has 0 amide bonds. The van der Waals surface area contributed by atoms with Gasteiger partial charge in [0.2, 0.25) is 0 Å². The smallest absolute Gasteiger partial charge is 0.192 e. The van der Waals surface area contributed by atoms with Crippen molar-refractivity contribution in [1.82, 2.24) is 0 Å². The number of hydrogen-bond donors (Lipinski definition) is 4. The van der Waals surface area contributed by atoms with E-state index >= 15 is 0 Å². The van der Waals surface area contributed by atoms with Gasteiger partial charge in [0.05, 0.1) is 20.8 Å². The molecular formula is C33H38O8S2. The van der Waals surface area contributed by atoms with Crippen molar-refractivity contribution in [1.29, 1.82) is 0 Å². The lowest BCUT2D eigenvalue weighted by molar-refractivity contribution is 0.0633. The summed E-state index contributed by atoms with van der Waals surface area (Å²) in [6.45, 7) is 15.0. The van der Waals surface area contributed by atoms with E-state index in [1.54, 1.807) is 41.5 Å². The van der Waals surface area contributed by atoms with Gasteiger partial charge in [-0.25, -0.2) is 0 Å². The number of aromatic hydroxyl groups is 4. The Bertz CT molecular complexity index is 1650. The summed E-state index contributed by atoms with van der Waals surface area (Å²) in [5.74, 6) is -5.39. The zero-order valence-corrected chi connectivity index (χ0v) is 27.5. The molecule has 2 aromatic rings. The van der Waals surface area contributed by atoms with Crippen LogP contribution < -0.4 is 0 Å². The van der Waals surface area contributed by atoms with Gasteiger partial charge in [0.1, 0.15) is 0 Å². The Labute approximate surface area is 260 Å². The number of Topliss-reactive ketones (excluding diaryl/α,β-unsaturated/α-hetero) is 4. The lowest BCUT2D eigenvalue weighted by atomic mass is 9.57. The van der Waals surface area contributed by atoms with Gasteiger partial charge in [0.25, 0.3) is 0 Å². The molecule has 4 N–H and O–H groups in total. The summed E-state index contributed by atoms with van der Waals surface area (Å²) in [5.41, 5.74) is -1.83. The summed E-state index contributed by atoms with van der Waals surface area (Å²) < 4.78 is 0. The van der Waals surface area contributed by atoms with Crippen molar-refractivity contribution in [2.45, 2.75) is 83.9 Å². The fraction of sp³-hybridized carbons (Fsp3) is 0.455. The molecule has 8 nitrogen and oxygen atoms in total. The number of fused-ring (bicyclic) bond motifs is 2. The highest BCUT2D eigenvalue weighted by molar-refractivity contribution is 7.99. The number of hydrogen-bond acceptors (Lipinski definition) is 10. The predicted molar refractivity (Wildman–Crippen MR) is 168 cm³/mol. The molecule has 0 bridgehead atoms. The zero-order valence-electron chi connectivity index (χ0n) is 25.9. The van der Waals surface area contributed by atoms with E-state index in [0.29, 0.717) is 11.5 Å². The monoisotopic (exact) mass is 626 g/mol. The minimum absolute atomic E-state index is 0.00868. The van der Waals surface area contributed by atoms with Crippen LogP contribution in [0.25, 0.3) is 0 Å². The van der Waals surface area contributed by atoms with Gasteiger partial charge in [-0.3, -0.25) is 19.2 Å². The minimum atomic E-state index is -1.82. The average Bonchev–Trinajstić information content (AvgIpc) is 2.94. The van der Waals surface area contributed by atoms with E-state index in [1.807, 2.05) is 0 Å². The highest BCUT2D eigenvalue weighted by Crippen LogP contribution is 2.57. The summed E-state index contributed by atoms with van der Waals surface area (Å²) in [4.78, 5) is 58.0. The molecule has 0 spiro atoms. The van der Waals surface area contributed by atoms with Gasteiger partial charge in [0.15, 0.2) is 46.1 Å². The van der Waals surface area contributed by atoms with Gasteiger partial charge in [0, 0.05) is 44.9 Å². The Balaban J connectivity index is 2.13. The number of ketones is 4. The molecule has 0 saturated heterocycles. The van der Waals surface area contributed by atoms with Gasteiger partial charge in [-0.05, 0) is 37.2 Å². The van der Waals surface area contributed by atoms with Gasteiger partial charge < -0.3 is 20.4 Å². The van der Waals surface area contributed by atoms with Crippen molar-refractivity contribution in [3.05, 3.63) is 44.5 Å². The highest BCUT2D eigenvalue weighted by Gasteiger charge is 2.57. The van der Waals surface area contributed by atoms with Crippen molar-refractivity contribution < 1.29 is 39.6 Å². The lowest BCUT2D eigenvalue weighted by Crippen LogP contribution is -2.49. The average molecular weight is 627 g/mol. The first kappa shape index (κ1) is 32.7.